The van der Waals surface area contributed by atoms with E-state index in [9.17, 15) is 24.3 Å². The number of aliphatic hydroxyl groups excluding tert-OH is 1. The highest BCUT2D eigenvalue weighted by atomic mass is 35.5. The maximum atomic E-state index is 14.1. The van der Waals surface area contributed by atoms with Crippen LogP contribution < -0.4 is 16.0 Å². The summed E-state index contributed by atoms with van der Waals surface area (Å²) < 4.78 is 13.5. The van der Waals surface area contributed by atoms with E-state index in [0.717, 1.165) is 59.8 Å². The van der Waals surface area contributed by atoms with Gasteiger partial charge in [0.1, 0.15) is 35.6 Å². The lowest BCUT2D eigenvalue weighted by atomic mass is 9.85. The second kappa shape index (κ2) is 22.8. The maximum absolute atomic E-state index is 14.1. The Morgan fingerprint density at radius 2 is 1.64 bits per heavy atom. The highest BCUT2D eigenvalue weighted by molar-refractivity contribution is 7.15. The van der Waals surface area contributed by atoms with Crippen molar-refractivity contribution in [3.8, 4) is 15.4 Å². The van der Waals surface area contributed by atoms with Gasteiger partial charge in [-0.25, -0.2) is 4.98 Å². The number of β-amino-alcohol motifs (C(OH)–C–C–N with tert-alkyl or cyclic N) is 1. The van der Waals surface area contributed by atoms with Gasteiger partial charge in [-0.1, -0.05) is 75.7 Å². The fraction of sp³-hybridized carbons (Fsp3) is 0.490. The van der Waals surface area contributed by atoms with E-state index in [1.54, 1.807) is 22.7 Å². The van der Waals surface area contributed by atoms with Crippen molar-refractivity contribution in [2.24, 2.45) is 16.3 Å². The van der Waals surface area contributed by atoms with Crippen LogP contribution in [0.2, 0.25) is 5.02 Å². The molecule has 0 aliphatic carbocycles. The van der Waals surface area contributed by atoms with E-state index in [2.05, 4.69) is 45.0 Å². The second-order valence-electron chi connectivity index (χ2n) is 19.0. The van der Waals surface area contributed by atoms with E-state index in [1.165, 1.54) is 4.90 Å². The Morgan fingerprint density at radius 3 is 2.31 bits per heavy atom. The summed E-state index contributed by atoms with van der Waals surface area (Å²) in [6.07, 6.45) is 0.182. The van der Waals surface area contributed by atoms with Crippen LogP contribution in [-0.2, 0) is 28.7 Å². The van der Waals surface area contributed by atoms with Gasteiger partial charge in [0.25, 0.3) is 0 Å². The summed E-state index contributed by atoms with van der Waals surface area (Å²) in [4.78, 5) is 68.1. The Labute approximate surface area is 422 Å². The summed E-state index contributed by atoms with van der Waals surface area (Å²) >= 11 is 9.51. The number of halogens is 1. The molecular formula is C51H64ClN9O7S2. The summed E-state index contributed by atoms with van der Waals surface area (Å²) in [7, 11) is 0. The number of rotatable bonds is 19. The van der Waals surface area contributed by atoms with E-state index in [0.29, 0.717) is 30.3 Å². The van der Waals surface area contributed by atoms with E-state index in [1.807, 2.05) is 107 Å². The van der Waals surface area contributed by atoms with Gasteiger partial charge >= 0.3 is 0 Å². The van der Waals surface area contributed by atoms with Crippen molar-refractivity contribution in [3.63, 3.8) is 0 Å². The van der Waals surface area contributed by atoms with Crippen LogP contribution in [0.15, 0.2) is 59.0 Å². The van der Waals surface area contributed by atoms with Crippen molar-refractivity contribution in [2.45, 2.75) is 112 Å². The number of nitrogens with one attached hydrogen (secondary N) is 3. The molecule has 2 aliphatic rings. The van der Waals surface area contributed by atoms with Gasteiger partial charge in [-0.15, -0.1) is 32.9 Å². The number of hydrogen-bond acceptors (Lipinski definition) is 13. The van der Waals surface area contributed by atoms with Crippen molar-refractivity contribution in [1.29, 1.82) is 0 Å². The predicted octanol–water partition coefficient (Wildman–Crippen LogP) is 7.17. The Balaban J connectivity index is 0.862. The lowest BCUT2D eigenvalue weighted by molar-refractivity contribution is -0.144. The zero-order valence-corrected chi connectivity index (χ0v) is 43.7. The van der Waals surface area contributed by atoms with Crippen LogP contribution in [0.25, 0.3) is 15.4 Å². The maximum Gasteiger partial charge on any atom is 0.246 e. The van der Waals surface area contributed by atoms with Crippen molar-refractivity contribution in [3.05, 3.63) is 104 Å². The number of benzene rings is 2. The van der Waals surface area contributed by atoms with Crippen LogP contribution >= 0.6 is 34.3 Å². The van der Waals surface area contributed by atoms with Crippen LogP contribution in [0.3, 0.4) is 0 Å². The molecule has 2 aliphatic heterocycles. The molecule has 0 spiro atoms. The number of hydrogen-bond donors (Lipinski definition) is 4. The Hall–Kier alpha value is -5.37. The fourth-order valence-electron chi connectivity index (χ4n) is 8.90. The first-order chi connectivity index (χ1) is 33.4. The molecule has 7 rings (SSSR count). The molecule has 0 saturated carbocycles. The van der Waals surface area contributed by atoms with Crippen LogP contribution in [-0.4, -0.2) is 117 Å². The topological polar surface area (TPSA) is 202 Å². The van der Waals surface area contributed by atoms with Crippen molar-refractivity contribution < 1.29 is 33.8 Å². The predicted molar refractivity (Wildman–Crippen MR) is 273 cm³/mol. The minimum absolute atomic E-state index is 0.0310. The minimum atomic E-state index is -0.986. The van der Waals surface area contributed by atoms with E-state index in [-0.39, 0.29) is 57.2 Å². The first kappa shape index (κ1) is 52.5. The van der Waals surface area contributed by atoms with Crippen molar-refractivity contribution in [2.75, 3.05) is 39.5 Å². The third kappa shape index (κ3) is 11.9. The molecule has 70 heavy (non-hydrogen) atoms. The molecule has 4 N–H and O–H groups in total. The highest BCUT2D eigenvalue weighted by Crippen LogP contribution is 2.41. The summed E-state index contributed by atoms with van der Waals surface area (Å²) in [6.45, 7) is 18.2. The second-order valence-corrected chi connectivity index (χ2v) is 21.5. The number of fused-ring (bicyclic) bond motifs is 3. The summed E-state index contributed by atoms with van der Waals surface area (Å²) in [6, 6.07) is 12.6. The molecule has 1 fully saturated rings. The van der Waals surface area contributed by atoms with Gasteiger partial charge in [-0.05, 0) is 81.7 Å². The minimum Gasteiger partial charge on any atom is -0.391 e. The van der Waals surface area contributed by atoms with Crippen LogP contribution in [0.5, 0.6) is 0 Å². The smallest absolute Gasteiger partial charge is 0.246 e. The number of likely N-dealkylation sites (tertiary alicyclic amines) is 1. The van der Waals surface area contributed by atoms with Crippen LogP contribution in [0, 0.1) is 39.0 Å². The molecule has 16 nitrogen and oxygen atoms in total. The van der Waals surface area contributed by atoms with Gasteiger partial charge in [-0.2, -0.15) is 0 Å². The molecule has 4 amide bonds. The first-order valence-corrected chi connectivity index (χ1v) is 25.8. The van der Waals surface area contributed by atoms with Crippen LogP contribution in [0.1, 0.15) is 110 Å². The highest BCUT2D eigenvalue weighted by Gasteiger charge is 2.45. The molecule has 0 radical (unpaired) electrons. The summed E-state index contributed by atoms with van der Waals surface area (Å²) in [5.41, 5.74) is 7.77. The number of thiophene rings is 1. The third-order valence-corrected chi connectivity index (χ3v) is 15.3. The fourth-order valence-corrected chi connectivity index (χ4v) is 11.1. The van der Waals surface area contributed by atoms with Gasteiger partial charge in [0.2, 0.25) is 23.6 Å². The summed E-state index contributed by atoms with van der Waals surface area (Å²) in [5.74, 6) is -0.699. The van der Waals surface area contributed by atoms with Gasteiger partial charge in [0.15, 0.2) is 5.82 Å². The van der Waals surface area contributed by atoms with Gasteiger partial charge in [-0.3, -0.25) is 28.7 Å². The molecule has 374 valence electrons. The van der Waals surface area contributed by atoms with E-state index >= 15 is 0 Å². The molecule has 5 aromatic rings. The molecular weight excluding hydrogens is 950 g/mol. The van der Waals surface area contributed by atoms with Gasteiger partial charge in [0.05, 0.1) is 46.5 Å². The Bertz CT molecular complexity index is 2690. The number of carbonyl (C=O) groups is 4. The number of aryl methyl sites for hydroxylation is 3. The zero-order valence-electron chi connectivity index (χ0n) is 41.3. The summed E-state index contributed by atoms with van der Waals surface area (Å²) in [5, 5.41) is 30.2. The number of thiazole rings is 1. The number of amides is 4. The molecule has 0 bridgehead atoms. The molecule has 6 atom stereocenters. The average molecular weight is 1010 g/mol. The average Bonchev–Trinajstić information content (AvgIpc) is 4.09. The Morgan fingerprint density at radius 1 is 0.943 bits per heavy atom. The molecule has 2 unspecified atom stereocenters. The van der Waals surface area contributed by atoms with E-state index < -0.39 is 47.4 Å². The molecule has 19 heteroatoms. The monoisotopic (exact) mass is 1010 g/mol. The van der Waals surface area contributed by atoms with Crippen molar-refractivity contribution >= 4 is 63.6 Å². The zero-order chi connectivity index (χ0) is 50.4. The van der Waals surface area contributed by atoms with Gasteiger partial charge < -0.3 is 35.4 Å². The number of aliphatic imine (C=N–C) groups is 1. The standard InChI is InChI=1S/C51H64ClN9O7S2/c1-10-38(43-46-59-58-32(6)61(46)50-41(28(2)31(5)70-50)42(57-43)34-16-18-36(52)19-17-34)47(64)53-20-23-67-21-11-22-68-26-40(63)56-45(51(7,8)9)49(66)60-25-37(62)24-39(60)48(65)55-29(3)33-12-14-35(15-13-33)44-30(4)54-27-69-44/h12-19,27,29,37-39,43,45,62H,10-11,20-26H2,1-9H3,(H,53,64)(H,55,65)(H,56,63)/t29-,37+,38?,39-,43?,45+/m0/s1. The number of ether oxygens (including phenoxy) is 2. The van der Waals surface area contributed by atoms with E-state index in [4.69, 9.17) is 26.1 Å². The quantitative estimate of drug-likeness (QED) is 0.0615. The number of aliphatic hydroxyl groups is 1. The molecule has 2 aromatic carbocycles. The van der Waals surface area contributed by atoms with Gasteiger partial charge in [0, 0.05) is 53.8 Å². The largest absolute Gasteiger partial charge is 0.391 e. The molecule has 3 aromatic heterocycles. The normalized spacial score (nSPS) is 18.0. The van der Waals surface area contributed by atoms with Crippen molar-refractivity contribution in [1.82, 2.24) is 40.6 Å². The number of carbonyl (C=O) groups excluding carboxylic acids is 4. The SMILES string of the molecule is CCC(C(=O)NCCOCCCOCC(=O)N[C@H](C(=O)N1C[C@H](O)C[C@H]1C(=O)N[C@@H](C)c1ccc(-c2scnc2C)cc1)C(C)(C)C)C1N=C(c2ccc(Cl)cc2)c2c(sc(C)c2C)-n2c(C)nnc21. The first-order valence-electron chi connectivity index (χ1n) is 23.8. The molecule has 5 heterocycles. The molecule has 1 saturated heterocycles. The lowest BCUT2D eigenvalue weighted by Crippen LogP contribution is -2.58. The number of nitrogens with zero attached hydrogens (tertiary/aromatic N) is 6. The number of aromatic nitrogens is 4. The lowest BCUT2D eigenvalue weighted by Gasteiger charge is -2.35. The Kier molecular flexibility index (Phi) is 17.1. The van der Waals surface area contributed by atoms with Crippen LogP contribution in [0.4, 0.5) is 0 Å². The third-order valence-electron chi connectivity index (χ3n) is 12.9.